The van der Waals surface area contributed by atoms with Gasteiger partial charge in [0.05, 0.1) is 18.9 Å². The second kappa shape index (κ2) is 5.50. The fourth-order valence-electron chi connectivity index (χ4n) is 1.20. The highest BCUT2D eigenvalue weighted by molar-refractivity contribution is 7.93. The van der Waals surface area contributed by atoms with E-state index >= 15 is 0 Å². The molecule has 0 radical (unpaired) electrons. The SMILES string of the molecule is CCC(C#N)S(=O)(=O)Nc1ccnc(OC)c1. The standard InChI is InChI=1S/C10H13N3O3S/c1-3-9(7-11)17(14,15)13-8-4-5-12-10(6-8)16-2/h4-6,9H,3H2,1-2H3,(H,12,13). The number of sulfonamides is 1. The molecule has 0 aliphatic heterocycles. The van der Waals surface area contributed by atoms with Crippen molar-refractivity contribution in [2.24, 2.45) is 0 Å². The summed E-state index contributed by atoms with van der Waals surface area (Å²) in [5.74, 6) is 0.301. The van der Waals surface area contributed by atoms with Gasteiger partial charge in [0.15, 0.2) is 5.25 Å². The Morgan fingerprint density at radius 2 is 2.35 bits per heavy atom. The number of pyridine rings is 1. The van der Waals surface area contributed by atoms with Crippen molar-refractivity contribution in [2.75, 3.05) is 11.8 Å². The summed E-state index contributed by atoms with van der Waals surface area (Å²) in [4.78, 5) is 3.85. The van der Waals surface area contributed by atoms with Crippen molar-refractivity contribution in [3.05, 3.63) is 18.3 Å². The number of nitrogens with zero attached hydrogens (tertiary/aromatic N) is 2. The molecule has 0 aromatic carbocycles. The van der Waals surface area contributed by atoms with Crippen molar-refractivity contribution in [1.29, 1.82) is 5.26 Å². The number of aromatic nitrogens is 1. The normalized spacial score (nSPS) is 12.5. The van der Waals surface area contributed by atoms with E-state index < -0.39 is 15.3 Å². The molecule has 1 N–H and O–H groups in total. The Bertz CT molecular complexity index is 522. The lowest BCUT2D eigenvalue weighted by Gasteiger charge is -2.11. The lowest BCUT2D eigenvalue weighted by molar-refractivity contribution is 0.398. The van der Waals surface area contributed by atoms with Crippen molar-refractivity contribution >= 4 is 15.7 Å². The van der Waals surface area contributed by atoms with Crippen LogP contribution in [-0.4, -0.2) is 25.8 Å². The second-order valence-electron chi connectivity index (χ2n) is 3.26. The van der Waals surface area contributed by atoms with E-state index in [9.17, 15) is 8.42 Å². The molecule has 0 spiro atoms. The molecular weight excluding hydrogens is 242 g/mol. The monoisotopic (exact) mass is 255 g/mol. The minimum Gasteiger partial charge on any atom is -0.481 e. The van der Waals surface area contributed by atoms with Crippen LogP contribution in [0.4, 0.5) is 5.69 Å². The van der Waals surface area contributed by atoms with Crippen LogP contribution < -0.4 is 9.46 Å². The van der Waals surface area contributed by atoms with Crippen LogP contribution in [0.3, 0.4) is 0 Å². The zero-order valence-corrected chi connectivity index (χ0v) is 10.4. The van der Waals surface area contributed by atoms with Gasteiger partial charge in [-0.05, 0) is 12.5 Å². The van der Waals surface area contributed by atoms with Gasteiger partial charge in [0, 0.05) is 12.3 Å². The topological polar surface area (TPSA) is 92.1 Å². The summed E-state index contributed by atoms with van der Waals surface area (Å²) in [5.41, 5.74) is 0.325. The fraction of sp³-hybridized carbons (Fsp3) is 0.400. The predicted octanol–water partition coefficient (Wildman–Crippen LogP) is 1.13. The van der Waals surface area contributed by atoms with Gasteiger partial charge in [-0.15, -0.1) is 0 Å². The van der Waals surface area contributed by atoms with Crippen molar-refractivity contribution in [3.63, 3.8) is 0 Å². The summed E-state index contributed by atoms with van der Waals surface area (Å²) >= 11 is 0. The van der Waals surface area contributed by atoms with Crippen molar-refractivity contribution in [3.8, 4) is 11.9 Å². The maximum atomic E-state index is 11.8. The van der Waals surface area contributed by atoms with Gasteiger partial charge in [-0.3, -0.25) is 4.72 Å². The number of hydrogen-bond donors (Lipinski definition) is 1. The van der Waals surface area contributed by atoms with Crippen LogP contribution in [0.15, 0.2) is 18.3 Å². The third kappa shape index (κ3) is 3.32. The average Bonchev–Trinajstić information content (AvgIpc) is 2.29. The number of ether oxygens (including phenoxy) is 1. The fourth-order valence-corrected chi connectivity index (χ4v) is 2.38. The first-order valence-electron chi connectivity index (χ1n) is 4.94. The van der Waals surface area contributed by atoms with E-state index in [4.69, 9.17) is 10.00 Å². The molecule has 0 bridgehead atoms. The first kappa shape index (κ1) is 13.3. The molecule has 1 atom stereocenters. The Morgan fingerprint density at radius 1 is 1.65 bits per heavy atom. The summed E-state index contributed by atoms with van der Waals surface area (Å²) in [7, 11) is -2.26. The number of nitriles is 1. The molecule has 0 saturated carbocycles. The van der Waals surface area contributed by atoms with E-state index in [0.717, 1.165) is 0 Å². The molecule has 1 unspecified atom stereocenters. The number of rotatable bonds is 5. The quantitative estimate of drug-likeness (QED) is 0.851. The molecule has 92 valence electrons. The number of methoxy groups -OCH3 is 1. The Morgan fingerprint density at radius 3 is 2.88 bits per heavy atom. The third-order valence-electron chi connectivity index (χ3n) is 2.09. The minimum atomic E-state index is -3.69. The lowest BCUT2D eigenvalue weighted by atomic mass is 10.4. The lowest BCUT2D eigenvalue weighted by Crippen LogP contribution is -2.25. The highest BCUT2D eigenvalue weighted by Gasteiger charge is 2.23. The van der Waals surface area contributed by atoms with E-state index in [1.165, 1.54) is 25.4 Å². The molecule has 0 fully saturated rings. The number of hydrogen-bond acceptors (Lipinski definition) is 5. The third-order valence-corrected chi connectivity index (χ3v) is 3.80. The van der Waals surface area contributed by atoms with Crippen molar-refractivity contribution in [2.45, 2.75) is 18.6 Å². The van der Waals surface area contributed by atoms with Gasteiger partial charge in [-0.25, -0.2) is 13.4 Å². The molecule has 0 aliphatic carbocycles. The van der Waals surface area contributed by atoms with E-state index in [0.29, 0.717) is 11.6 Å². The predicted molar refractivity (Wildman–Crippen MR) is 63.0 cm³/mol. The van der Waals surface area contributed by atoms with E-state index in [1.54, 1.807) is 13.0 Å². The highest BCUT2D eigenvalue weighted by Crippen LogP contribution is 2.17. The zero-order valence-electron chi connectivity index (χ0n) is 9.54. The molecule has 0 saturated heterocycles. The summed E-state index contributed by atoms with van der Waals surface area (Å²) in [6, 6.07) is 4.68. The maximum absolute atomic E-state index is 11.8. The largest absolute Gasteiger partial charge is 0.481 e. The second-order valence-corrected chi connectivity index (χ2v) is 5.12. The van der Waals surface area contributed by atoms with Crippen LogP contribution in [0.25, 0.3) is 0 Å². The molecule has 17 heavy (non-hydrogen) atoms. The van der Waals surface area contributed by atoms with Crippen LogP contribution in [0.2, 0.25) is 0 Å². The maximum Gasteiger partial charge on any atom is 0.249 e. The Balaban J connectivity index is 2.94. The molecule has 7 heteroatoms. The number of anilines is 1. The molecule has 6 nitrogen and oxygen atoms in total. The molecule has 0 amide bonds. The van der Waals surface area contributed by atoms with Crippen LogP contribution in [0.5, 0.6) is 5.88 Å². The molecule has 1 heterocycles. The van der Waals surface area contributed by atoms with Crippen LogP contribution in [0, 0.1) is 11.3 Å². The van der Waals surface area contributed by atoms with E-state index in [-0.39, 0.29) is 6.42 Å². The molecule has 0 aliphatic rings. The summed E-state index contributed by atoms with van der Waals surface area (Å²) < 4.78 is 30.7. The zero-order chi connectivity index (χ0) is 12.9. The van der Waals surface area contributed by atoms with Crippen LogP contribution >= 0.6 is 0 Å². The number of nitrogens with one attached hydrogen (secondary N) is 1. The summed E-state index contributed by atoms with van der Waals surface area (Å²) in [6.07, 6.45) is 1.65. The molecule has 1 aromatic rings. The first-order chi connectivity index (χ1) is 8.03. The molecule has 1 aromatic heterocycles. The van der Waals surface area contributed by atoms with E-state index in [1.807, 2.05) is 0 Å². The van der Waals surface area contributed by atoms with Gasteiger partial charge in [0.25, 0.3) is 0 Å². The van der Waals surface area contributed by atoms with Crippen molar-refractivity contribution in [1.82, 2.24) is 4.98 Å². The summed E-state index contributed by atoms with van der Waals surface area (Å²) in [6.45, 7) is 1.64. The highest BCUT2D eigenvalue weighted by atomic mass is 32.2. The van der Waals surface area contributed by atoms with Gasteiger partial charge in [0.2, 0.25) is 15.9 Å². The smallest absolute Gasteiger partial charge is 0.249 e. The Kier molecular flexibility index (Phi) is 4.29. The van der Waals surface area contributed by atoms with Gasteiger partial charge >= 0.3 is 0 Å². The van der Waals surface area contributed by atoms with Crippen LogP contribution in [-0.2, 0) is 10.0 Å². The Labute approximate surface area is 100 Å². The van der Waals surface area contributed by atoms with Gasteiger partial charge in [0.1, 0.15) is 0 Å². The van der Waals surface area contributed by atoms with Gasteiger partial charge < -0.3 is 4.74 Å². The van der Waals surface area contributed by atoms with Crippen LogP contribution in [0.1, 0.15) is 13.3 Å². The Hall–Kier alpha value is -1.81. The minimum absolute atomic E-state index is 0.230. The van der Waals surface area contributed by atoms with Gasteiger partial charge in [-0.2, -0.15) is 5.26 Å². The van der Waals surface area contributed by atoms with Gasteiger partial charge in [-0.1, -0.05) is 6.92 Å². The molecular formula is C10H13N3O3S. The average molecular weight is 255 g/mol. The van der Waals surface area contributed by atoms with Crippen molar-refractivity contribution < 1.29 is 13.2 Å². The first-order valence-corrected chi connectivity index (χ1v) is 6.49. The molecule has 1 rings (SSSR count). The summed E-state index contributed by atoms with van der Waals surface area (Å²) in [5, 5.41) is 7.67. The van der Waals surface area contributed by atoms with E-state index in [2.05, 4.69) is 9.71 Å².